The number of ether oxygens (including phenoxy) is 1. The summed E-state index contributed by atoms with van der Waals surface area (Å²) in [6.45, 7) is 7.38. The average molecular weight is 342 g/mol. The Bertz CT molecular complexity index is 531. The van der Waals surface area contributed by atoms with Crippen LogP contribution in [-0.2, 0) is 9.53 Å². The van der Waals surface area contributed by atoms with Crippen molar-refractivity contribution < 1.29 is 14.3 Å². The predicted octanol–water partition coefficient (Wildman–Crippen LogP) is 1.70. The van der Waals surface area contributed by atoms with Crippen molar-refractivity contribution in [1.82, 2.24) is 9.80 Å². The number of alkyl halides is 1. The fourth-order valence-corrected chi connectivity index (χ4v) is 2.87. The maximum atomic E-state index is 12.6. The zero-order valence-corrected chi connectivity index (χ0v) is 14.5. The highest BCUT2D eigenvalue weighted by molar-refractivity contribution is 6.23. The van der Waals surface area contributed by atoms with Gasteiger partial charge in [-0.25, -0.2) is 4.79 Å². The van der Waals surface area contributed by atoms with Gasteiger partial charge >= 0.3 is 6.09 Å². The summed E-state index contributed by atoms with van der Waals surface area (Å²) in [5.41, 5.74) is 5.73. The number of allylic oxidation sites excluding steroid dienone is 2. The minimum atomic E-state index is -0.519. The Morgan fingerprint density at radius 2 is 1.78 bits per heavy atom. The van der Waals surface area contributed by atoms with Crippen molar-refractivity contribution in [3.63, 3.8) is 0 Å². The molecule has 128 valence electrons. The predicted molar refractivity (Wildman–Crippen MR) is 88.9 cm³/mol. The summed E-state index contributed by atoms with van der Waals surface area (Å²) in [4.78, 5) is 28.0. The average Bonchev–Trinajstić information content (AvgIpc) is 2.45. The van der Waals surface area contributed by atoms with E-state index in [1.165, 1.54) is 0 Å². The second kappa shape index (κ2) is 6.83. The molecule has 23 heavy (non-hydrogen) atoms. The Morgan fingerprint density at radius 3 is 2.30 bits per heavy atom. The molecule has 1 saturated heterocycles. The van der Waals surface area contributed by atoms with E-state index in [2.05, 4.69) is 0 Å². The molecule has 2 N–H and O–H groups in total. The van der Waals surface area contributed by atoms with Crippen LogP contribution in [-0.4, -0.2) is 59.0 Å². The molecule has 1 aliphatic heterocycles. The topological polar surface area (TPSA) is 75.9 Å². The standard InChI is InChI=1S/C16H24ClN3O3/c1-16(2,3)23-15(22)20-8-6-19(7-9-20)14(21)12-5-4-11(18)10-13(12)17/h4-5,10,12-13H,6-9,18H2,1-3H3. The number of halogens is 1. The van der Waals surface area contributed by atoms with Crippen molar-refractivity contribution >= 4 is 23.6 Å². The lowest BCUT2D eigenvalue weighted by molar-refractivity contribution is -0.135. The number of carbonyl (C=O) groups is 2. The number of carbonyl (C=O) groups excluding carboxylic acids is 2. The number of amides is 2. The van der Waals surface area contributed by atoms with Gasteiger partial charge in [-0.3, -0.25) is 4.79 Å². The van der Waals surface area contributed by atoms with Crippen LogP contribution in [0, 0.1) is 5.92 Å². The Balaban J connectivity index is 1.88. The number of nitrogens with zero attached hydrogens (tertiary/aromatic N) is 2. The van der Waals surface area contributed by atoms with E-state index >= 15 is 0 Å². The lowest BCUT2D eigenvalue weighted by Gasteiger charge is -2.37. The second-order valence-electron chi connectivity index (χ2n) is 6.79. The quantitative estimate of drug-likeness (QED) is 0.736. The molecule has 0 aromatic carbocycles. The molecule has 2 aliphatic rings. The van der Waals surface area contributed by atoms with Gasteiger partial charge in [0.05, 0.1) is 11.3 Å². The van der Waals surface area contributed by atoms with Gasteiger partial charge in [0.2, 0.25) is 5.91 Å². The van der Waals surface area contributed by atoms with E-state index in [-0.39, 0.29) is 12.0 Å². The van der Waals surface area contributed by atoms with Gasteiger partial charge in [0.1, 0.15) is 5.60 Å². The van der Waals surface area contributed by atoms with E-state index in [9.17, 15) is 9.59 Å². The summed E-state index contributed by atoms with van der Waals surface area (Å²) in [5, 5.41) is -0.434. The Labute approximate surface area is 141 Å². The molecule has 0 aromatic rings. The third-order valence-electron chi connectivity index (χ3n) is 3.72. The highest BCUT2D eigenvalue weighted by Crippen LogP contribution is 2.23. The second-order valence-corrected chi connectivity index (χ2v) is 7.29. The van der Waals surface area contributed by atoms with Gasteiger partial charge < -0.3 is 20.3 Å². The molecule has 1 fully saturated rings. The maximum absolute atomic E-state index is 12.6. The van der Waals surface area contributed by atoms with Gasteiger partial charge in [-0.05, 0) is 32.9 Å². The van der Waals surface area contributed by atoms with E-state index in [1.807, 2.05) is 20.8 Å². The van der Waals surface area contributed by atoms with Crippen molar-refractivity contribution in [3.05, 3.63) is 23.9 Å². The van der Waals surface area contributed by atoms with Crippen molar-refractivity contribution in [3.8, 4) is 0 Å². The van der Waals surface area contributed by atoms with Crippen molar-refractivity contribution in [2.45, 2.75) is 31.7 Å². The lowest BCUT2D eigenvalue weighted by atomic mass is 9.97. The number of piperazine rings is 1. The highest BCUT2D eigenvalue weighted by atomic mass is 35.5. The molecule has 0 spiro atoms. The summed E-state index contributed by atoms with van der Waals surface area (Å²) in [6.07, 6.45) is 4.79. The number of hydrogen-bond acceptors (Lipinski definition) is 4. The molecular formula is C16H24ClN3O3. The molecule has 7 heteroatoms. The molecule has 0 bridgehead atoms. The van der Waals surface area contributed by atoms with Crippen LogP contribution in [0.3, 0.4) is 0 Å². The fraction of sp³-hybridized carbons (Fsp3) is 0.625. The number of hydrogen-bond donors (Lipinski definition) is 1. The van der Waals surface area contributed by atoms with Gasteiger partial charge in [-0.1, -0.05) is 6.08 Å². The molecule has 6 nitrogen and oxygen atoms in total. The first-order chi connectivity index (χ1) is 10.7. The van der Waals surface area contributed by atoms with Crippen LogP contribution >= 0.6 is 11.6 Å². The maximum Gasteiger partial charge on any atom is 0.410 e. The Morgan fingerprint density at radius 1 is 1.22 bits per heavy atom. The van der Waals surface area contributed by atoms with Crippen LogP contribution in [0.2, 0.25) is 0 Å². The first kappa shape index (κ1) is 17.7. The van der Waals surface area contributed by atoms with Gasteiger partial charge in [0, 0.05) is 31.9 Å². The van der Waals surface area contributed by atoms with Crippen LogP contribution in [0.1, 0.15) is 20.8 Å². The van der Waals surface area contributed by atoms with Crippen LogP contribution in [0.5, 0.6) is 0 Å². The number of rotatable bonds is 1. The number of nitrogens with two attached hydrogens (primary N) is 1. The minimum absolute atomic E-state index is 0.0335. The van der Waals surface area contributed by atoms with Gasteiger partial charge in [-0.15, -0.1) is 11.6 Å². The van der Waals surface area contributed by atoms with E-state index in [1.54, 1.807) is 28.0 Å². The summed E-state index contributed by atoms with van der Waals surface area (Å²) < 4.78 is 5.35. The Kier molecular flexibility index (Phi) is 5.24. The summed E-state index contributed by atoms with van der Waals surface area (Å²) >= 11 is 6.20. The SMILES string of the molecule is CC(C)(C)OC(=O)N1CCN(C(=O)C2C=CC(N)=CC2Cl)CC1. The molecule has 1 aliphatic carbocycles. The van der Waals surface area contributed by atoms with Crippen molar-refractivity contribution in [2.75, 3.05) is 26.2 Å². The Hall–Kier alpha value is -1.69. The fourth-order valence-electron chi connectivity index (χ4n) is 2.53. The first-order valence-corrected chi connectivity index (χ1v) is 8.17. The third-order valence-corrected chi connectivity index (χ3v) is 4.12. The van der Waals surface area contributed by atoms with E-state index in [4.69, 9.17) is 22.1 Å². The smallest absolute Gasteiger partial charge is 0.410 e. The van der Waals surface area contributed by atoms with E-state index < -0.39 is 16.9 Å². The molecule has 1 heterocycles. The van der Waals surface area contributed by atoms with Crippen molar-refractivity contribution in [1.29, 1.82) is 0 Å². The zero-order chi connectivity index (χ0) is 17.2. The molecule has 0 radical (unpaired) electrons. The molecule has 2 atom stereocenters. The molecule has 2 amide bonds. The largest absolute Gasteiger partial charge is 0.444 e. The van der Waals surface area contributed by atoms with E-state index in [0.29, 0.717) is 31.9 Å². The highest BCUT2D eigenvalue weighted by Gasteiger charge is 2.33. The third kappa shape index (κ3) is 4.64. The summed E-state index contributed by atoms with van der Waals surface area (Å²) in [7, 11) is 0. The van der Waals surface area contributed by atoms with Gasteiger partial charge in [-0.2, -0.15) is 0 Å². The summed E-state index contributed by atoms with van der Waals surface area (Å²) in [6, 6.07) is 0. The monoisotopic (exact) mass is 341 g/mol. The van der Waals surface area contributed by atoms with Crippen LogP contribution < -0.4 is 5.73 Å². The van der Waals surface area contributed by atoms with Crippen LogP contribution in [0.15, 0.2) is 23.9 Å². The van der Waals surface area contributed by atoms with Crippen LogP contribution in [0.25, 0.3) is 0 Å². The molecule has 0 aromatic heterocycles. The van der Waals surface area contributed by atoms with E-state index in [0.717, 1.165) is 0 Å². The molecule has 2 rings (SSSR count). The van der Waals surface area contributed by atoms with Gasteiger partial charge in [0.25, 0.3) is 0 Å². The molecule has 0 saturated carbocycles. The molecular weight excluding hydrogens is 318 g/mol. The first-order valence-electron chi connectivity index (χ1n) is 7.73. The lowest BCUT2D eigenvalue weighted by Crippen LogP contribution is -2.53. The van der Waals surface area contributed by atoms with Crippen LogP contribution in [0.4, 0.5) is 4.79 Å². The normalized spacial score (nSPS) is 25.1. The van der Waals surface area contributed by atoms with Gasteiger partial charge in [0.15, 0.2) is 0 Å². The summed E-state index contributed by atoms with van der Waals surface area (Å²) in [5.74, 6) is -0.439. The zero-order valence-electron chi connectivity index (χ0n) is 13.8. The molecule has 2 unspecified atom stereocenters. The van der Waals surface area contributed by atoms with Crippen molar-refractivity contribution in [2.24, 2.45) is 11.7 Å². The minimum Gasteiger partial charge on any atom is -0.444 e.